The maximum Gasteiger partial charge on any atom is 0.329 e. The van der Waals surface area contributed by atoms with Gasteiger partial charge in [-0.2, -0.15) is 0 Å². The van der Waals surface area contributed by atoms with Crippen molar-refractivity contribution in [2.75, 3.05) is 24.3 Å². The SMILES string of the molecule is CC(Nc1c(N)n(C)c(=O)[nH]c1=O)C1CCOCC1. The van der Waals surface area contributed by atoms with Crippen LogP contribution in [-0.4, -0.2) is 28.8 Å². The molecule has 1 aliphatic rings. The van der Waals surface area contributed by atoms with Crippen LogP contribution in [0.15, 0.2) is 9.59 Å². The third-order valence-corrected chi connectivity index (χ3v) is 3.71. The summed E-state index contributed by atoms with van der Waals surface area (Å²) in [7, 11) is 1.53. The molecule has 2 heterocycles. The number of ether oxygens (including phenoxy) is 1. The topological polar surface area (TPSA) is 102 Å². The van der Waals surface area contributed by atoms with Crippen molar-refractivity contribution in [2.45, 2.75) is 25.8 Å². The van der Waals surface area contributed by atoms with E-state index in [1.165, 1.54) is 11.6 Å². The molecule has 0 amide bonds. The first-order chi connectivity index (χ1) is 9.00. The van der Waals surface area contributed by atoms with E-state index in [0.717, 1.165) is 26.1 Å². The zero-order chi connectivity index (χ0) is 14.0. The van der Waals surface area contributed by atoms with E-state index in [1.807, 2.05) is 6.92 Å². The Morgan fingerprint density at radius 1 is 1.42 bits per heavy atom. The van der Waals surface area contributed by atoms with E-state index in [9.17, 15) is 9.59 Å². The Balaban J connectivity index is 2.21. The van der Waals surface area contributed by atoms with Crippen LogP contribution in [0.5, 0.6) is 0 Å². The molecule has 0 bridgehead atoms. The standard InChI is InChI=1S/C12H20N4O3/c1-7(8-3-5-19-6-4-8)14-9-10(13)16(2)12(18)15-11(9)17/h7-8,14H,3-6,13H2,1-2H3,(H,15,17,18). The largest absolute Gasteiger partial charge is 0.383 e. The Kier molecular flexibility index (Phi) is 3.94. The highest BCUT2D eigenvalue weighted by atomic mass is 16.5. The second-order valence-electron chi connectivity index (χ2n) is 4.96. The van der Waals surface area contributed by atoms with Crippen molar-refractivity contribution in [3.63, 3.8) is 0 Å². The minimum atomic E-state index is -0.508. The summed E-state index contributed by atoms with van der Waals surface area (Å²) < 4.78 is 6.54. The zero-order valence-electron chi connectivity index (χ0n) is 11.2. The maximum atomic E-state index is 11.8. The van der Waals surface area contributed by atoms with Crippen LogP contribution in [0.4, 0.5) is 11.5 Å². The van der Waals surface area contributed by atoms with Gasteiger partial charge in [-0.15, -0.1) is 0 Å². The minimum absolute atomic E-state index is 0.102. The summed E-state index contributed by atoms with van der Waals surface area (Å²) in [5.74, 6) is 0.595. The molecule has 1 aromatic heterocycles. The summed E-state index contributed by atoms with van der Waals surface area (Å²) in [5, 5.41) is 3.13. The third kappa shape index (κ3) is 2.81. The van der Waals surface area contributed by atoms with Crippen molar-refractivity contribution in [1.29, 1.82) is 0 Å². The highest BCUT2D eigenvalue weighted by molar-refractivity contribution is 5.60. The molecule has 1 atom stereocenters. The van der Waals surface area contributed by atoms with Crippen LogP contribution in [0.1, 0.15) is 19.8 Å². The highest BCUT2D eigenvalue weighted by Crippen LogP contribution is 2.22. The summed E-state index contributed by atoms with van der Waals surface area (Å²) in [6, 6.07) is 0.102. The van der Waals surface area contributed by atoms with Crippen LogP contribution >= 0.6 is 0 Å². The van der Waals surface area contributed by atoms with Crippen LogP contribution in [0, 0.1) is 5.92 Å². The number of nitrogens with zero attached hydrogens (tertiary/aromatic N) is 1. The molecule has 0 radical (unpaired) electrons. The van der Waals surface area contributed by atoms with Gasteiger partial charge in [0.15, 0.2) is 0 Å². The molecule has 2 rings (SSSR count). The summed E-state index contributed by atoms with van der Waals surface area (Å²) in [6.07, 6.45) is 1.91. The number of nitrogen functional groups attached to an aromatic ring is 1. The Morgan fingerprint density at radius 3 is 2.68 bits per heavy atom. The lowest BCUT2D eigenvalue weighted by molar-refractivity contribution is 0.0622. The van der Waals surface area contributed by atoms with Gasteiger partial charge in [-0.05, 0) is 25.7 Å². The molecule has 7 nitrogen and oxygen atoms in total. The fourth-order valence-electron chi connectivity index (χ4n) is 2.34. The first-order valence-corrected chi connectivity index (χ1v) is 6.43. The molecule has 0 aromatic carbocycles. The van der Waals surface area contributed by atoms with Crippen molar-refractivity contribution >= 4 is 11.5 Å². The molecule has 0 saturated carbocycles. The van der Waals surface area contributed by atoms with Gasteiger partial charge in [0, 0.05) is 26.3 Å². The molecule has 1 unspecified atom stereocenters. The van der Waals surface area contributed by atoms with Crippen LogP contribution in [0.3, 0.4) is 0 Å². The number of nitrogens with one attached hydrogen (secondary N) is 2. The number of aromatic nitrogens is 2. The van der Waals surface area contributed by atoms with E-state index >= 15 is 0 Å². The first-order valence-electron chi connectivity index (χ1n) is 6.43. The van der Waals surface area contributed by atoms with Crippen molar-refractivity contribution < 1.29 is 4.74 Å². The van der Waals surface area contributed by atoms with Crippen LogP contribution in [0.25, 0.3) is 0 Å². The van der Waals surface area contributed by atoms with E-state index < -0.39 is 11.2 Å². The predicted octanol–water partition coefficient (Wildman–Crippen LogP) is -0.117. The molecule has 0 spiro atoms. The molecule has 0 aliphatic carbocycles. The molecule has 1 saturated heterocycles. The van der Waals surface area contributed by atoms with Gasteiger partial charge >= 0.3 is 5.69 Å². The lowest BCUT2D eigenvalue weighted by atomic mass is 9.93. The summed E-state index contributed by atoms with van der Waals surface area (Å²) in [6.45, 7) is 3.51. The van der Waals surface area contributed by atoms with E-state index in [4.69, 9.17) is 10.5 Å². The second kappa shape index (κ2) is 5.48. The number of H-pyrrole nitrogens is 1. The summed E-state index contributed by atoms with van der Waals surface area (Å²) in [5.41, 5.74) is 5.10. The van der Waals surface area contributed by atoms with Gasteiger partial charge in [0.2, 0.25) is 0 Å². The maximum absolute atomic E-state index is 11.8. The first kappa shape index (κ1) is 13.7. The Morgan fingerprint density at radius 2 is 2.05 bits per heavy atom. The summed E-state index contributed by atoms with van der Waals surface area (Å²) in [4.78, 5) is 25.4. The van der Waals surface area contributed by atoms with Crippen LogP contribution < -0.4 is 22.3 Å². The third-order valence-electron chi connectivity index (χ3n) is 3.71. The van der Waals surface area contributed by atoms with Crippen LogP contribution in [0.2, 0.25) is 0 Å². The van der Waals surface area contributed by atoms with Gasteiger partial charge in [-0.3, -0.25) is 14.3 Å². The Bertz CT molecular complexity index is 557. The molecule has 106 valence electrons. The smallest absolute Gasteiger partial charge is 0.329 e. The normalized spacial score (nSPS) is 18.2. The van der Waals surface area contributed by atoms with Crippen molar-refractivity contribution in [3.8, 4) is 0 Å². The number of aromatic amines is 1. The Labute approximate surface area is 110 Å². The molecular weight excluding hydrogens is 248 g/mol. The van der Waals surface area contributed by atoms with Gasteiger partial charge in [0.1, 0.15) is 11.5 Å². The van der Waals surface area contributed by atoms with E-state index in [2.05, 4.69) is 10.3 Å². The molecule has 4 N–H and O–H groups in total. The van der Waals surface area contributed by atoms with Gasteiger partial charge in [-0.25, -0.2) is 4.79 Å². The molecule has 7 heteroatoms. The van der Waals surface area contributed by atoms with Crippen molar-refractivity contribution in [3.05, 3.63) is 20.8 Å². The number of anilines is 2. The van der Waals surface area contributed by atoms with E-state index in [-0.39, 0.29) is 17.5 Å². The predicted molar refractivity (Wildman–Crippen MR) is 73.3 cm³/mol. The quantitative estimate of drug-likeness (QED) is 0.709. The fourth-order valence-corrected chi connectivity index (χ4v) is 2.34. The van der Waals surface area contributed by atoms with Crippen molar-refractivity contribution in [2.24, 2.45) is 13.0 Å². The lowest BCUT2D eigenvalue weighted by Gasteiger charge is -2.29. The molecule has 19 heavy (non-hydrogen) atoms. The van der Waals surface area contributed by atoms with E-state index in [0.29, 0.717) is 5.92 Å². The molecule has 1 aromatic rings. The summed E-state index contributed by atoms with van der Waals surface area (Å²) >= 11 is 0. The minimum Gasteiger partial charge on any atom is -0.383 e. The second-order valence-corrected chi connectivity index (χ2v) is 4.96. The number of hydrogen-bond donors (Lipinski definition) is 3. The van der Waals surface area contributed by atoms with Crippen molar-refractivity contribution in [1.82, 2.24) is 9.55 Å². The van der Waals surface area contributed by atoms with Crippen LogP contribution in [-0.2, 0) is 11.8 Å². The molecule has 1 aliphatic heterocycles. The zero-order valence-corrected chi connectivity index (χ0v) is 11.2. The van der Waals surface area contributed by atoms with Gasteiger partial charge in [0.25, 0.3) is 5.56 Å². The monoisotopic (exact) mass is 268 g/mol. The Hall–Kier alpha value is -1.76. The van der Waals surface area contributed by atoms with Gasteiger partial charge in [-0.1, -0.05) is 0 Å². The molecular formula is C12H20N4O3. The van der Waals surface area contributed by atoms with Gasteiger partial charge in [0.05, 0.1) is 0 Å². The number of nitrogens with two attached hydrogens (primary N) is 1. The number of hydrogen-bond acceptors (Lipinski definition) is 5. The number of rotatable bonds is 3. The average molecular weight is 268 g/mol. The fraction of sp³-hybridized carbons (Fsp3) is 0.667. The molecule has 1 fully saturated rings. The average Bonchev–Trinajstić information content (AvgIpc) is 2.42. The highest BCUT2D eigenvalue weighted by Gasteiger charge is 2.22. The van der Waals surface area contributed by atoms with E-state index in [1.54, 1.807) is 0 Å². The van der Waals surface area contributed by atoms with Gasteiger partial charge < -0.3 is 15.8 Å². The lowest BCUT2D eigenvalue weighted by Crippen LogP contribution is -2.37.